The molecule has 0 amide bonds. The van der Waals surface area contributed by atoms with Crippen LogP contribution in [0.15, 0.2) is 84.9 Å². The number of benzene rings is 4. The Kier molecular flexibility index (Phi) is 3.21. The Balaban J connectivity index is 1.68. The molecule has 0 N–H and O–H groups in total. The highest BCUT2D eigenvalue weighted by molar-refractivity contribution is 5.88. The molecule has 0 spiro atoms. The van der Waals surface area contributed by atoms with Gasteiger partial charge in [0.2, 0.25) is 0 Å². The molecule has 0 aromatic heterocycles. The minimum absolute atomic E-state index is 1.23. The van der Waals surface area contributed by atoms with Crippen LogP contribution in [-0.4, -0.2) is 0 Å². The summed E-state index contributed by atoms with van der Waals surface area (Å²) in [5.41, 5.74) is 2.46. The summed E-state index contributed by atoms with van der Waals surface area (Å²) >= 11 is 0. The van der Waals surface area contributed by atoms with Gasteiger partial charge >= 0.3 is 0 Å². The Labute approximate surface area is 130 Å². The zero-order valence-electron chi connectivity index (χ0n) is 12.2. The standard InChI is InChI=1S/C22H16/c1-3-7-21-15-17(11-13-19(21)5-1)9-10-18-12-14-20-6-2-4-8-22(20)16-18/h1-16H/b10-9-. The van der Waals surface area contributed by atoms with Gasteiger partial charge in [0.1, 0.15) is 0 Å². The molecule has 0 aliphatic rings. The van der Waals surface area contributed by atoms with Crippen molar-refractivity contribution < 1.29 is 0 Å². The Bertz CT molecular complexity index is 896. The Hall–Kier alpha value is -2.86. The van der Waals surface area contributed by atoms with Crippen LogP contribution in [-0.2, 0) is 0 Å². The molecule has 4 aromatic carbocycles. The van der Waals surface area contributed by atoms with E-state index in [0.717, 1.165) is 0 Å². The van der Waals surface area contributed by atoms with Gasteiger partial charge in [0.05, 0.1) is 0 Å². The predicted octanol–water partition coefficient (Wildman–Crippen LogP) is 6.16. The topological polar surface area (TPSA) is 0 Å². The zero-order chi connectivity index (χ0) is 14.8. The quantitative estimate of drug-likeness (QED) is 0.385. The van der Waals surface area contributed by atoms with Gasteiger partial charge < -0.3 is 0 Å². The third-order valence-corrected chi connectivity index (χ3v) is 4.02. The molecule has 0 atom stereocenters. The molecular formula is C22H16. The first-order chi connectivity index (χ1) is 10.9. The van der Waals surface area contributed by atoms with Crippen molar-refractivity contribution in [3.63, 3.8) is 0 Å². The molecule has 0 heteroatoms. The summed E-state index contributed by atoms with van der Waals surface area (Å²) in [6.45, 7) is 0. The van der Waals surface area contributed by atoms with E-state index in [1.54, 1.807) is 0 Å². The van der Waals surface area contributed by atoms with Gasteiger partial charge in [-0.05, 0) is 44.8 Å². The average Bonchev–Trinajstić information content (AvgIpc) is 2.59. The van der Waals surface area contributed by atoms with Crippen LogP contribution in [0.25, 0.3) is 33.7 Å². The monoisotopic (exact) mass is 280 g/mol. The van der Waals surface area contributed by atoms with Crippen LogP contribution < -0.4 is 0 Å². The third-order valence-electron chi connectivity index (χ3n) is 4.02. The van der Waals surface area contributed by atoms with E-state index in [0.29, 0.717) is 0 Å². The summed E-state index contributed by atoms with van der Waals surface area (Å²) in [4.78, 5) is 0. The molecule has 0 radical (unpaired) electrons. The minimum Gasteiger partial charge on any atom is -0.0616 e. The van der Waals surface area contributed by atoms with Crippen molar-refractivity contribution >= 4 is 33.7 Å². The first kappa shape index (κ1) is 12.8. The summed E-state index contributed by atoms with van der Waals surface area (Å²) in [5, 5.41) is 5.13. The van der Waals surface area contributed by atoms with E-state index in [2.05, 4.69) is 97.1 Å². The molecule has 104 valence electrons. The van der Waals surface area contributed by atoms with Crippen molar-refractivity contribution in [2.24, 2.45) is 0 Å². The largest absolute Gasteiger partial charge is 0.0616 e. The van der Waals surface area contributed by atoms with Crippen molar-refractivity contribution in [3.05, 3.63) is 96.1 Å². The van der Waals surface area contributed by atoms with Gasteiger partial charge in [-0.25, -0.2) is 0 Å². The lowest BCUT2D eigenvalue weighted by Gasteiger charge is -2.01. The molecular weight excluding hydrogens is 264 g/mol. The second kappa shape index (κ2) is 5.50. The van der Waals surface area contributed by atoms with E-state index < -0.39 is 0 Å². The van der Waals surface area contributed by atoms with Gasteiger partial charge in [-0.1, -0.05) is 84.9 Å². The fourth-order valence-corrected chi connectivity index (χ4v) is 2.82. The smallest absolute Gasteiger partial charge is 0.0178 e. The molecule has 0 bridgehead atoms. The van der Waals surface area contributed by atoms with E-state index in [9.17, 15) is 0 Å². The Morgan fingerprint density at radius 1 is 0.409 bits per heavy atom. The van der Waals surface area contributed by atoms with E-state index in [4.69, 9.17) is 0 Å². The number of hydrogen-bond donors (Lipinski definition) is 0. The molecule has 22 heavy (non-hydrogen) atoms. The lowest BCUT2D eigenvalue weighted by atomic mass is 10.0. The summed E-state index contributed by atoms with van der Waals surface area (Å²) in [5.74, 6) is 0. The fraction of sp³-hybridized carbons (Fsp3) is 0. The van der Waals surface area contributed by atoms with E-state index >= 15 is 0 Å². The van der Waals surface area contributed by atoms with Gasteiger partial charge in [0.25, 0.3) is 0 Å². The molecule has 4 aromatic rings. The average molecular weight is 280 g/mol. The summed E-state index contributed by atoms with van der Waals surface area (Å²) in [6, 6.07) is 30.1. The first-order valence-corrected chi connectivity index (χ1v) is 7.54. The van der Waals surface area contributed by atoms with Gasteiger partial charge in [0.15, 0.2) is 0 Å². The zero-order valence-corrected chi connectivity index (χ0v) is 12.2. The third kappa shape index (κ3) is 2.51. The highest BCUT2D eigenvalue weighted by atomic mass is 14.0. The summed E-state index contributed by atoms with van der Waals surface area (Å²) in [6.07, 6.45) is 4.35. The molecule has 0 saturated carbocycles. The van der Waals surface area contributed by atoms with Crippen molar-refractivity contribution in [1.29, 1.82) is 0 Å². The van der Waals surface area contributed by atoms with Gasteiger partial charge in [-0.3, -0.25) is 0 Å². The van der Waals surface area contributed by atoms with Crippen LogP contribution in [0.1, 0.15) is 11.1 Å². The maximum atomic E-state index is 2.23. The normalized spacial score (nSPS) is 11.5. The molecule has 0 heterocycles. The first-order valence-electron chi connectivity index (χ1n) is 7.54. The maximum Gasteiger partial charge on any atom is -0.0178 e. The molecule has 0 unspecified atom stereocenters. The van der Waals surface area contributed by atoms with Gasteiger partial charge in [0, 0.05) is 0 Å². The Morgan fingerprint density at radius 2 is 0.818 bits per heavy atom. The van der Waals surface area contributed by atoms with E-state index in [1.165, 1.54) is 32.7 Å². The van der Waals surface area contributed by atoms with E-state index in [1.807, 2.05) is 0 Å². The molecule has 0 aliphatic heterocycles. The van der Waals surface area contributed by atoms with Crippen LogP contribution in [0.4, 0.5) is 0 Å². The van der Waals surface area contributed by atoms with Crippen LogP contribution >= 0.6 is 0 Å². The van der Waals surface area contributed by atoms with Gasteiger partial charge in [-0.2, -0.15) is 0 Å². The van der Waals surface area contributed by atoms with Crippen molar-refractivity contribution in [2.75, 3.05) is 0 Å². The van der Waals surface area contributed by atoms with Crippen molar-refractivity contribution in [1.82, 2.24) is 0 Å². The van der Waals surface area contributed by atoms with Crippen LogP contribution in [0.2, 0.25) is 0 Å². The Morgan fingerprint density at radius 3 is 1.27 bits per heavy atom. The number of rotatable bonds is 2. The fourth-order valence-electron chi connectivity index (χ4n) is 2.82. The SMILES string of the molecule is C(=C/c1ccc2ccccc2c1)/c1ccc2ccccc2c1. The lowest BCUT2D eigenvalue weighted by Crippen LogP contribution is -1.77. The summed E-state index contributed by atoms with van der Waals surface area (Å²) in [7, 11) is 0. The number of hydrogen-bond acceptors (Lipinski definition) is 0. The second-order valence-electron chi connectivity index (χ2n) is 5.55. The van der Waals surface area contributed by atoms with Crippen LogP contribution in [0, 0.1) is 0 Å². The summed E-state index contributed by atoms with van der Waals surface area (Å²) < 4.78 is 0. The molecule has 4 rings (SSSR count). The molecule has 0 aliphatic carbocycles. The lowest BCUT2D eigenvalue weighted by molar-refractivity contribution is 1.69. The molecule has 0 fully saturated rings. The predicted molar refractivity (Wildman–Crippen MR) is 96.8 cm³/mol. The molecule has 0 nitrogen and oxygen atoms in total. The van der Waals surface area contributed by atoms with Crippen LogP contribution in [0.5, 0.6) is 0 Å². The second-order valence-corrected chi connectivity index (χ2v) is 5.55. The highest BCUT2D eigenvalue weighted by Crippen LogP contribution is 2.19. The van der Waals surface area contributed by atoms with E-state index in [-0.39, 0.29) is 0 Å². The van der Waals surface area contributed by atoms with Crippen molar-refractivity contribution in [3.8, 4) is 0 Å². The van der Waals surface area contributed by atoms with Gasteiger partial charge in [-0.15, -0.1) is 0 Å². The highest BCUT2D eigenvalue weighted by Gasteiger charge is 1.95. The molecule has 0 saturated heterocycles. The minimum atomic E-state index is 1.23. The van der Waals surface area contributed by atoms with Crippen LogP contribution in [0.3, 0.4) is 0 Å². The maximum absolute atomic E-state index is 2.23. The van der Waals surface area contributed by atoms with Crippen molar-refractivity contribution in [2.45, 2.75) is 0 Å². The number of fused-ring (bicyclic) bond motifs is 2.